The van der Waals surface area contributed by atoms with Gasteiger partial charge in [-0.2, -0.15) is 12.6 Å². The molecule has 8 heteroatoms. The minimum absolute atomic E-state index is 0.377. The maximum atomic E-state index is 5.86. The Kier molecular flexibility index (Phi) is 3.87. The van der Waals surface area contributed by atoms with E-state index >= 15 is 0 Å². The fourth-order valence-electron chi connectivity index (χ4n) is 2.08. The summed E-state index contributed by atoms with van der Waals surface area (Å²) >= 11 is 4.28. The Labute approximate surface area is 127 Å². The van der Waals surface area contributed by atoms with Gasteiger partial charge < -0.3 is 11.1 Å². The lowest BCUT2D eigenvalue weighted by Gasteiger charge is -2.08. The molecule has 0 aliphatic heterocycles. The number of thiol groups is 1. The summed E-state index contributed by atoms with van der Waals surface area (Å²) in [6.45, 7) is 1.31. The van der Waals surface area contributed by atoms with Gasteiger partial charge in [-0.3, -0.25) is 9.55 Å². The van der Waals surface area contributed by atoms with E-state index in [1.807, 2.05) is 22.9 Å². The third-order valence-electron chi connectivity index (χ3n) is 3.06. The van der Waals surface area contributed by atoms with E-state index in [9.17, 15) is 0 Å². The molecule has 3 N–H and O–H groups in total. The number of pyridine rings is 1. The van der Waals surface area contributed by atoms with E-state index in [-0.39, 0.29) is 0 Å². The van der Waals surface area contributed by atoms with E-state index in [1.54, 1.807) is 6.20 Å². The second-order valence-corrected chi connectivity index (χ2v) is 4.90. The number of imidazole rings is 1. The van der Waals surface area contributed by atoms with E-state index in [2.05, 4.69) is 37.9 Å². The highest BCUT2D eigenvalue weighted by atomic mass is 32.1. The van der Waals surface area contributed by atoms with Crippen molar-refractivity contribution in [3.05, 3.63) is 36.4 Å². The fraction of sp³-hybridized carbons (Fsp3) is 0.231. The van der Waals surface area contributed by atoms with Gasteiger partial charge in [0.2, 0.25) is 5.95 Å². The van der Waals surface area contributed by atoms with Gasteiger partial charge in [-0.15, -0.1) is 0 Å². The molecule has 0 unspecified atom stereocenters. The van der Waals surface area contributed by atoms with E-state index in [0.717, 1.165) is 5.56 Å². The normalized spacial score (nSPS) is 10.9. The molecule has 0 saturated carbocycles. The SMILES string of the molecule is Nc1ncnc2c1nc(NCc1cccnc1)n2CCS. The van der Waals surface area contributed by atoms with Crippen LogP contribution in [-0.4, -0.2) is 30.3 Å². The molecule has 0 aliphatic rings. The number of nitrogens with one attached hydrogen (secondary N) is 1. The monoisotopic (exact) mass is 301 g/mol. The van der Waals surface area contributed by atoms with Crippen molar-refractivity contribution in [2.75, 3.05) is 16.8 Å². The number of hydrogen-bond acceptors (Lipinski definition) is 7. The Morgan fingerprint density at radius 1 is 1.33 bits per heavy atom. The third-order valence-corrected chi connectivity index (χ3v) is 3.26. The van der Waals surface area contributed by atoms with Crippen LogP contribution in [0.15, 0.2) is 30.9 Å². The van der Waals surface area contributed by atoms with Crippen LogP contribution in [-0.2, 0) is 13.1 Å². The standard InChI is InChI=1S/C13H15N7S/c14-11-10-12(18-8-17-11)20(4-5-21)13(19-10)16-7-9-2-1-3-15-6-9/h1-3,6,8,21H,4-5,7H2,(H,16,19)(H2,14,17,18). The average Bonchev–Trinajstić information content (AvgIpc) is 2.86. The Morgan fingerprint density at radius 2 is 2.24 bits per heavy atom. The third kappa shape index (κ3) is 2.75. The first-order valence-electron chi connectivity index (χ1n) is 6.50. The molecule has 0 amide bonds. The summed E-state index contributed by atoms with van der Waals surface area (Å²) in [6, 6.07) is 3.90. The molecular weight excluding hydrogens is 286 g/mol. The highest BCUT2D eigenvalue weighted by Gasteiger charge is 2.13. The number of rotatable bonds is 5. The molecule has 0 fully saturated rings. The van der Waals surface area contributed by atoms with Gasteiger partial charge in [-0.05, 0) is 11.6 Å². The Balaban J connectivity index is 1.93. The minimum Gasteiger partial charge on any atom is -0.382 e. The number of aryl methyl sites for hydroxylation is 1. The molecule has 0 aliphatic carbocycles. The van der Waals surface area contributed by atoms with Crippen molar-refractivity contribution in [2.24, 2.45) is 0 Å². The van der Waals surface area contributed by atoms with Gasteiger partial charge in [-0.1, -0.05) is 6.07 Å². The first-order chi connectivity index (χ1) is 10.3. The first kappa shape index (κ1) is 13.6. The molecular formula is C13H15N7S. The van der Waals surface area contributed by atoms with Crippen LogP contribution in [0.4, 0.5) is 11.8 Å². The summed E-state index contributed by atoms with van der Waals surface area (Å²) in [6.07, 6.45) is 5.00. The predicted octanol–water partition coefficient (Wildman–Crippen LogP) is 1.35. The molecule has 7 nitrogen and oxygen atoms in total. The van der Waals surface area contributed by atoms with E-state index in [4.69, 9.17) is 5.73 Å². The van der Waals surface area contributed by atoms with Crippen LogP contribution in [0.2, 0.25) is 0 Å². The van der Waals surface area contributed by atoms with Crippen LogP contribution in [0.25, 0.3) is 11.2 Å². The Hall–Kier alpha value is -2.35. The Morgan fingerprint density at radius 3 is 3.00 bits per heavy atom. The molecule has 3 aromatic heterocycles. The summed E-state index contributed by atoms with van der Waals surface area (Å²) in [5.74, 6) is 1.76. The molecule has 0 bridgehead atoms. The number of nitrogens with two attached hydrogens (primary N) is 1. The van der Waals surface area contributed by atoms with Crippen molar-refractivity contribution in [3.8, 4) is 0 Å². The van der Waals surface area contributed by atoms with Crippen molar-refractivity contribution >= 4 is 35.6 Å². The molecule has 0 atom stereocenters. The summed E-state index contributed by atoms with van der Waals surface area (Å²) in [5, 5.41) is 3.29. The summed E-state index contributed by atoms with van der Waals surface area (Å²) in [7, 11) is 0. The number of fused-ring (bicyclic) bond motifs is 1. The van der Waals surface area contributed by atoms with Crippen LogP contribution >= 0.6 is 12.6 Å². The molecule has 3 heterocycles. The highest BCUT2D eigenvalue weighted by molar-refractivity contribution is 7.80. The van der Waals surface area contributed by atoms with Crippen molar-refractivity contribution in [1.82, 2.24) is 24.5 Å². The van der Waals surface area contributed by atoms with Gasteiger partial charge in [0.05, 0.1) is 0 Å². The fourth-order valence-corrected chi connectivity index (χ4v) is 2.28. The number of nitrogens with zero attached hydrogens (tertiary/aromatic N) is 5. The van der Waals surface area contributed by atoms with Gasteiger partial charge in [0.25, 0.3) is 0 Å². The summed E-state index contributed by atoms with van der Waals surface area (Å²) in [4.78, 5) is 16.8. The zero-order valence-corrected chi connectivity index (χ0v) is 12.2. The second-order valence-electron chi connectivity index (χ2n) is 4.46. The van der Waals surface area contributed by atoms with Gasteiger partial charge in [0.1, 0.15) is 6.33 Å². The predicted molar refractivity (Wildman–Crippen MR) is 85.2 cm³/mol. The van der Waals surface area contributed by atoms with E-state index < -0.39 is 0 Å². The maximum absolute atomic E-state index is 5.86. The number of hydrogen-bond donors (Lipinski definition) is 3. The van der Waals surface area contributed by atoms with Crippen molar-refractivity contribution in [2.45, 2.75) is 13.1 Å². The number of anilines is 2. The molecule has 0 aromatic carbocycles. The van der Waals surface area contributed by atoms with Crippen LogP contribution in [0, 0.1) is 0 Å². The molecule has 21 heavy (non-hydrogen) atoms. The largest absolute Gasteiger partial charge is 0.382 e. The minimum atomic E-state index is 0.377. The molecule has 3 aromatic rings. The lowest BCUT2D eigenvalue weighted by Crippen LogP contribution is -2.09. The van der Waals surface area contributed by atoms with Gasteiger partial charge in [-0.25, -0.2) is 15.0 Å². The molecule has 3 rings (SSSR count). The molecule has 0 radical (unpaired) electrons. The van der Waals surface area contributed by atoms with E-state index in [1.165, 1.54) is 6.33 Å². The van der Waals surface area contributed by atoms with Gasteiger partial charge in [0, 0.05) is 31.2 Å². The average molecular weight is 301 g/mol. The zero-order chi connectivity index (χ0) is 14.7. The molecule has 0 spiro atoms. The van der Waals surface area contributed by atoms with Crippen molar-refractivity contribution in [3.63, 3.8) is 0 Å². The second kappa shape index (κ2) is 5.96. The molecule has 0 saturated heterocycles. The zero-order valence-electron chi connectivity index (χ0n) is 11.3. The van der Waals surface area contributed by atoms with Gasteiger partial charge >= 0.3 is 0 Å². The smallest absolute Gasteiger partial charge is 0.205 e. The topological polar surface area (TPSA) is 94.5 Å². The van der Waals surface area contributed by atoms with E-state index in [0.29, 0.717) is 41.8 Å². The van der Waals surface area contributed by atoms with Crippen molar-refractivity contribution < 1.29 is 0 Å². The quantitative estimate of drug-likeness (QED) is 0.616. The van der Waals surface area contributed by atoms with Gasteiger partial charge in [0.15, 0.2) is 17.0 Å². The number of nitrogen functional groups attached to an aromatic ring is 1. The lowest BCUT2D eigenvalue weighted by molar-refractivity contribution is 0.788. The summed E-state index contributed by atoms with van der Waals surface area (Å²) in [5.41, 5.74) is 8.25. The van der Waals surface area contributed by atoms with Crippen LogP contribution in [0.3, 0.4) is 0 Å². The van der Waals surface area contributed by atoms with Crippen LogP contribution in [0.5, 0.6) is 0 Å². The lowest BCUT2D eigenvalue weighted by atomic mass is 10.3. The van der Waals surface area contributed by atoms with Crippen LogP contribution in [0.1, 0.15) is 5.56 Å². The van der Waals surface area contributed by atoms with Crippen molar-refractivity contribution in [1.29, 1.82) is 0 Å². The molecule has 108 valence electrons. The first-order valence-corrected chi connectivity index (χ1v) is 7.13. The Bertz CT molecular complexity index is 741. The van der Waals surface area contributed by atoms with Crippen LogP contribution < -0.4 is 11.1 Å². The highest BCUT2D eigenvalue weighted by Crippen LogP contribution is 2.21. The maximum Gasteiger partial charge on any atom is 0.205 e. The number of aromatic nitrogens is 5. The summed E-state index contributed by atoms with van der Waals surface area (Å²) < 4.78 is 1.96.